The summed E-state index contributed by atoms with van der Waals surface area (Å²) in [6.07, 6.45) is 0.287. The zero-order chi connectivity index (χ0) is 15.0. The molecule has 0 aliphatic heterocycles. The minimum atomic E-state index is -0.280. The highest BCUT2D eigenvalue weighted by Crippen LogP contribution is 2.15. The second-order valence-corrected chi connectivity index (χ2v) is 5.47. The Balaban J connectivity index is 2.41. The number of thioether (sulfide) groups is 1. The van der Waals surface area contributed by atoms with Crippen LogP contribution in [0.4, 0.5) is 5.69 Å². The van der Waals surface area contributed by atoms with Crippen LogP contribution in [-0.2, 0) is 14.3 Å². The standard InChI is InChI=1S/C14H16N2O3S/c1-10(20-8-7-13(17)19-2)14(18)16-12-5-3-11(9-15)4-6-12/h3-6,10H,7-8H2,1-2H3,(H,16,18)/t10-/m0/s1. The molecule has 0 saturated carbocycles. The molecule has 106 valence electrons. The van der Waals surface area contributed by atoms with Gasteiger partial charge in [0.25, 0.3) is 0 Å². The largest absolute Gasteiger partial charge is 0.469 e. The van der Waals surface area contributed by atoms with Crippen LogP contribution >= 0.6 is 11.8 Å². The van der Waals surface area contributed by atoms with E-state index in [0.29, 0.717) is 17.0 Å². The van der Waals surface area contributed by atoms with Crippen molar-refractivity contribution < 1.29 is 14.3 Å². The number of ether oxygens (including phenoxy) is 1. The molecule has 0 aromatic heterocycles. The number of esters is 1. The molecule has 0 spiro atoms. The Morgan fingerprint density at radius 3 is 2.60 bits per heavy atom. The van der Waals surface area contributed by atoms with Crippen molar-refractivity contribution in [2.45, 2.75) is 18.6 Å². The van der Waals surface area contributed by atoms with Crippen molar-refractivity contribution in [1.29, 1.82) is 5.26 Å². The number of hydrogen-bond acceptors (Lipinski definition) is 5. The van der Waals surface area contributed by atoms with Gasteiger partial charge in [-0.15, -0.1) is 11.8 Å². The molecular weight excluding hydrogens is 276 g/mol. The van der Waals surface area contributed by atoms with E-state index in [4.69, 9.17) is 5.26 Å². The van der Waals surface area contributed by atoms with Gasteiger partial charge >= 0.3 is 5.97 Å². The maximum atomic E-state index is 11.9. The smallest absolute Gasteiger partial charge is 0.306 e. The Bertz CT molecular complexity index is 508. The number of methoxy groups -OCH3 is 1. The van der Waals surface area contributed by atoms with Crippen LogP contribution in [0, 0.1) is 11.3 Å². The predicted molar refractivity (Wildman–Crippen MR) is 78.3 cm³/mol. The van der Waals surface area contributed by atoms with Crippen molar-refractivity contribution >= 4 is 29.3 Å². The minimum Gasteiger partial charge on any atom is -0.469 e. The van der Waals surface area contributed by atoms with Gasteiger partial charge in [-0.3, -0.25) is 9.59 Å². The van der Waals surface area contributed by atoms with Gasteiger partial charge in [0.2, 0.25) is 5.91 Å². The van der Waals surface area contributed by atoms with Gasteiger partial charge in [0, 0.05) is 11.4 Å². The lowest BCUT2D eigenvalue weighted by molar-refractivity contribution is -0.140. The van der Waals surface area contributed by atoms with E-state index in [9.17, 15) is 9.59 Å². The Hall–Kier alpha value is -2.00. The molecule has 6 heteroatoms. The Morgan fingerprint density at radius 2 is 2.05 bits per heavy atom. The normalized spacial score (nSPS) is 11.2. The SMILES string of the molecule is COC(=O)CCS[C@@H](C)C(=O)Nc1ccc(C#N)cc1. The van der Waals surface area contributed by atoms with Crippen LogP contribution in [0.1, 0.15) is 18.9 Å². The van der Waals surface area contributed by atoms with Crippen LogP contribution in [0.5, 0.6) is 0 Å². The quantitative estimate of drug-likeness (QED) is 0.813. The molecule has 1 aromatic rings. The van der Waals surface area contributed by atoms with E-state index in [0.717, 1.165) is 0 Å². The molecule has 1 N–H and O–H groups in total. The average molecular weight is 292 g/mol. The number of carbonyl (C=O) groups excluding carboxylic acids is 2. The number of anilines is 1. The number of hydrogen-bond donors (Lipinski definition) is 1. The van der Waals surface area contributed by atoms with E-state index in [1.165, 1.54) is 18.9 Å². The van der Waals surface area contributed by atoms with Gasteiger partial charge in [0.1, 0.15) is 0 Å². The van der Waals surface area contributed by atoms with Crippen LogP contribution in [0.25, 0.3) is 0 Å². The van der Waals surface area contributed by atoms with Gasteiger partial charge in [0.15, 0.2) is 0 Å². The Morgan fingerprint density at radius 1 is 1.40 bits per heavy atom. The average Bonchev–Trinajstić information content (AvgIpc) is 2.47. The van der Waals surface area contributed by atoms with E-state index in [1.807, 2.05) is 6.07 Å². The number of nitrogens with zero attached hydrogens (tertiary/aromatic N) is 1. The molecule has 20 heavy (non-hydrogen) atoms. The van der Waals surface area contributed by atoms with Gasteiger partial charge in [-0.05, 0) is 31.2 Å². The van der Waals surface area contributed by atoms with Gasteiger partial charge < -0.3 is 10.1 Å². The maximum absolute atomic E-state index is 11.9. The monoisotopic (exact) mass is 292 g/mol. The molecule has 0 fully saturated rings. The number of amides is 1. The second-order valence-electron chi connectivity index (χ2n) is 4.02. The summed E-state index contributed by atoms with van der Waals surface area (Å²) in [4.78, 5) is 22.9. The van der Waals surface area contributed by atoms with Crippen LogP contribution in [0.3, 0.4) is 0 Å². The second kappa shape index (κ2) is 8.23. The van der Waals surface area contributed by atoms with Crippen LogP contribution < -0.4 is 5.32 Å². The molecular formula is C14H16N2O3S. The highest BCUT2D eigenvalue weighted by molar-refractivity contribution is 8.00. The van der Waals surface area contributed by atoms with E-state index >= 15 is 0 Å². The maximum Gasteiger partial charge on any atom is 0.306 e. The fourth-order valence-electron chi connectivity index (χ4n) is 1.37. The molecule has 0 saturated heterocycles. The topological polar surface area (TPSA) is 79.2 Å². The zero-order valence-electron chi connectivity index (χ0n) is 11.4. The molecule has 5 nitrogen and oxygen atoms in total. The third-order valence-corrected chi connectivity index (χ3v) is 3.71. The van der Waals surface area contributed by atoms with E-state index in [1.54, 1.807) is 31.2 Å². The number of carbonyl (C=O) groups is 2. The van der Waals surface area contributed by atoms with Gasteiger partial charge in [0.05, 0.1) is 30.4 Å². The highest BCUT2D eigenvalue weighted by atomic mass is 32.2. The third kappa shape index (κ3) is 5.33. The first kappa shape index (κ1) is 16.1. The number of benzene rings is 1. The van der Waals surface area contributed by atoms with Crippen LogP contribution in [-0.4, -0.2) is 30.0 Å². The van der Waals surface area contributed by atoms with Crippen molar-refractivity contribution in [2.24, 2.45) is 0 Å². The lowest BCUT2D eigenvalue weighted by Crippen LogP contribution is -2.23. The summed E-state index contributed by atoms with van der Waals surface area (Å²) in [7, 11) is 1.34. The van der Waals surface area contributed by atoms with E-state index in [2.05, 4.69) is 10.1 Å². The molecule has 0 aliphatic carbocycles. The molecule has 1 aromatic carbocycles. The van der Waals surface area contributed by atoms with E-state index < -0.39 is 0 Å². The van der Waals surface area contributed by atoms with E-state index in [-0.39, 0.29) is 23.5 Å². The lowest BCUT2D eigenvalue weighted by atomic mass is 10.2. The highest BCUT2D eigenvalue weighted by Gasteiger charge is 2.14. The molecule has 0 aliphatic rings. The molecule has 0 bridgehead atoms. The van der Waals surface area contributed by atoms with Crippen molar-refractivity contribution in [1.82, 2.24) is 0 Å². The molecule has 1 atom stereocenters. The van der Waals surface area contributed by atoms with Gasteiger partial charge in [-0.25, -0.2) is 0 Å². The third-order valence-electron chi connectivity index (χ3n) is 2.55. The number of rotatable bonds is 6. The summed E-state index contributed by atoms with van der Waals surface area (Å²) < 4.78 is 4.53. The first-order chi connectivity index (χ1) is 9.56. The number of nitriles is 1. The molecule has 1 amide bonds. The van der Waals surface area contributed by atoms with Crippen molar-refractivity contribution in [2.75, 3.05) is 18.2 Å². The summed E-state index contributed by atoms with van der Waals surface area (Å²) in [5.41, 5.74) is 1.19. The number of nitrogens with one attached hydrogen (secondary N) is 1. The summed E-state index contributed by atoms with van der Waals surface area (Å²) in [6, 6.07) is 8.67. The minimum absolute atomic E-state index is 0.135. The Labute approximate surface area is 122 Å². The zero-order valence-corrected chi connectivity index (χ0v) is 12.2. The summed E-state index contributed by atoms with van der Waals surface area (Å²) in [5, 5.41) is 11.2. The summed E-state index contributed by atoms with van der Waals surface area (Å²) >= 11 is 1.39. The fraction of sp³-hybridized carbons (Fsp3) is 0.357. The molecule has 0 radical (unpaired) electrons. The lowest BCUT2D eigenvalue weighted by Gasteiger charge is -2.11. The van der Waals surface area contributed by atoms with Crippen molar-refractivity contribution in [3.05, 3.63) is 29.8 Å². The first-order valence-electron chi connectivity index (χ1n) is 6.06. The predicted octanol–water partition coefficient (Wildman–Crippen LogP) is 2.18. The Kier molecular flexibility index (Phi) is 6.60. The summed E-state index contributed by atoms with van der Waals surface area (Å²) in [5.74, 6) is 0.121. The van der Waals surface area contributed by atoms with Crippen LogP contribution in [0.15, 0.2) is 24.3 Å². The molecule has 0 unspecified atom stereocenters. The summed E-state index contributed by atoms with van der Waals surface area (Å²) in [6.45, 7) is 1.78. The fourth-order valence-corrected chi connectivity index (χ4v) is 2.22. The first-order valence-corrected chi connectivity index (χ1v) is 7.11. The van der Waals surface area contributed by atoms with Gasteiger partial charge in [-0.1, -0.05) is 0 Å². The molecule has 1 rings (SSSR count). The van der Waals surface area contributed by atoms with Crippen LogP contribution in [0.2, 0.25) is 0 Å². The van der Waals surface area contributed by atoms with Crippen molar-refractivity contribution in [3.63, 3.8) is 0 Å². The van der Waals surface area contributed by atoms with Crippen molar-refractivity contribution in [3.8, 4) is 6.07 Å². The molecule has 0 heterocycles. The van der Waals surface area contributed by atoms with Gasteiger partial charge in [-0.2, -0.15) is 5.26 Å².